The molecule has 0 saturated carbocycles. The number of hydrogen-bond acceptors (Lipinski definition) is 9. The van der Waals surface area contributed by atoms with Gasteiger partial charge >= 0.3 is 6.18 Å². The minimum atomic E-state index is -4.57. The summed E-state index contributed by atoms with van der Waals surface area (Å²) in [5.74, 6) is 0.637. The third-order valence-corrected chi connectivity index (χ3v) is 6.39. The van der Waals surface area contributed by atoms with Gasteiger partial charge in [-0.1, -0.05) is 6.07 Å². The van der Waals surface area contributed by atoms with Crippen LogP contribution in [0.4, 0.5) is 30.5 Å². The van der Waals surface area contributed by atoms with Crippen molar-refractivity contribution in [3.05, 3.63) is 77.7 Å². The van der Waals surface area contributed by atoms with Gasteiger partial charge in [-0.2, -0.15) is 18.2 Å². The Kier molecular flexibility index (Phi) is 7.97. The third kappa shape index (κ3) is 6.35. The Labute approximate surface area is 233 Å². The highest BCUT2D eigenvalue weighted by Gasteiger charge is 2.32. The van der Waals surface area contributed by atoms with Gasteiger partial charge in [0.25, 0.3) is 5.91 Å². The largest absolute Gasteiger partial charge is 0.438 e. The van der Waals surface area contributed by atoms with Gasteiger partial charge in [0.15, 0.2) is 5.82 Å². The molecule has 1 aliphatic rings. The van der Waals surface area contributed by atoms with Crippen LogP contribution in [0, 0.1) is 6.92 Å². The minimum absolute atomic E-state index is 0.0527. The number of nitrogens with zero attached hydrogens (tertiary/aromatic N) is 5. The van der Waals surface area contributed by atoms with Gasteiger partial charge in [0.1, 0.15) is 12.1 Å². The Bertz CT molecular complexity index is 1560. The molecule has 0 spiro atoms. The number of nitrogens with one attached hydrogen (secondary N) is 2. The maximum Gasteiger partial charge on any atom is 0.416 e. The molecule has 1 saturated heterocycles. The number of carbonyl (C=O) groups is 1. The normalized spacial score (nSPS) is 13.5. The van der Waals surface area contributed by atoms with Crippen LogP contribution in [0.1, 0.15) is 21.5 Å². The van der Waals surface area contributed by atoms with E-state index in [4.69, 9.17) is 9.47 Å². The summed E-state index contributed by atoms with van der Waals surface area (Å²) in [6.45, 7) is 3.64. The fourth-order valence-corrected chi connectivity index (χ4v) is 4.23. The molecule has 13 heteroatoms. The second-order valence-electron chi connectivity index (χ2n) is 9.10. The van der Waals surface area contributed by atoms with E-state index in [0.29, 0.717) is 60.6 Å². The zero-order valence-corrected chi connectivity index (χ0v) is 22.2. The van der Waals surface area contributed by atoms with E-state index >= 15 is 0 Å². The molecule has 0 radical (unpaired) electrons. The SMILES string of the molecule is CNc1ncnc(-c2cccnc2Oc2cc(C(=O)Nc3cc(C(F)(F)F)ccc3N3CCOCC3)ccc2C)n1. The van der Waals surface area contributed by atoms with E-state index in [1.54, 1.807) is 44.4 Å². The van der Waals surface area contributed by atoms with Crippen LogP contribution >= 0.6 is 0 Å². The van der Waals surface area contributed by atoms with Crippen molar-refractivity contribution in [1.29, 1.82) is 0 Å². The number of pyridine rings is 1. The first kappa shape index (κ1) is 27.8. The van der Waals surface area contributed by atoms with Crippen molar-refractivity contribution in [3.8, 4) is 23.0 Å². The van der Waals surface area contributed by atoms with Gasteiger partial charge in [0.2, 0.25) is 11.8 Å². The Morgan fingerprint density at radius 1 is 1.05 bits per heavy atom. The highest BCUT2D eigenvalue weighted by atomic mass is 19.4. The molecule has 0 aliphatic carbocycles. The number of anilines is 3. The Balaban J connectivity index is 1.44. The van der Waals surface area contributed by atoms with Crippen molar-refractivity contribution in [2.24, 2.45) is 0 Å². The molecule has 3 heterocycles. The van der Waals surface area contributed by atoms with Crippen LogP contribution < -0.4 is 20.3 Å². The van der Waals surface area contributed by atoms with E-state index in [-0.39, 0.29) is 17.1 Å². The summed E-state index contributed by atoms with van der Waals surface area (Å²) in [6, 6.07) is 11.5. The lowest BCUT2D eigenvalue weighted by atomic mass is 10.1. The van der Waals surface area contributed by atoms with Crippen LogP contribution in [-0.2, 0) is 10.9 Å². The molecule has 1 fully saturated rings. The molecule has 1 aliphatic heterocycles. The number of aryl methyl sites for hydroxylation is 1. The fourth-order valence-electron chi connectivity index (χ4n) is 4.23. The summed E-state index contributed by atoms with van der Waals surface area (Å²) in [7, 11) is 1.68. The molecule has 0 unspecified atom stereocenters. The fraction of sp³-hybridized carbons (Fsp3) is 0.250. The molecule has 212 valence electrons. The molecule has 41 heavy (non-hydrogen) atoms. The van der Waals surface area contributed by atoms with E-state index in [2.05, 4.69) is 30.6 Å². The van der Waals surface area contributed by atoms with E-state index in [1.165, 1.54) is 18.5 Å². The van der Waals surface area contributed by atoms with Crippen molar-refractivity contribution >= 4 is 23.2 Å². The molecule has 4 aromatic rings. The Hall–Kier alpha value is -4.78. The molecule has 2 N–H and O–H groups in total. The van der Waals surface area contributed by atoms with Crippen molar-refractivity contribution in [1.82, 2.24) is 19.9 Å². The quantitative estimate of drug-likeness (QED) is 0.313. The van der Waals surface area contributed by atoms with Crippen LogP contribution in [-0.4, -0.2) is 59.2 Å². The summed E-state index contributed by atoms with van der Waals surface area (Å²) in [5.41, 5.74) is 1.07. The van der Waals surface area contributed by atoms with Crippen LogP contribution in [0.25, 0.3) is 11.4 Å². The monoisotopic (exact) mass is 565 g/mol. The number of carbonyl (C=O) groups excluding carboxylic acids is 1. The first-order valence-corrected chi connectivity index (χ1v) is 12.7. The number of ether oxygens (including phenoxy) is 2. The molecular weight excluding hydrogens is 539 g/mol. The number of alkyl halides is 3. The highest BCUT2D eigenvalue weighted by molar-refractivity contribution is 6.06. The van der Waals surface area contributed by atoms with Crippen LogP contribution in [0.15, 0.2) is 61.1 Å². The van der Waals surface area contributed by atoms with Crippen molar-refractivity contribution < 1.29 is 27.4 Å². The first-order chi connectivity index (χ1) is 19.7. The number of aromatic nitrogens is 4. The maximum atomic E-state index is 13.5. The molecule has 2 aromatic heterocycles. The minimum Gasteiger partial charge on any atom is -0.438 e. The van der Waals surface area contributed by atoms with Gasteiger partial charge in [-0.25, -0.2) is 15.0 Å². The maximum absolute atomic E-state index is 13.5. The molecule has 0 atom stereocenters. The number of halogens is 3. The van der Waals surface area contributed by atoms with Gasteiger partial charge in [-0.15, -0.1) is 0 Å². The van der Waals surface area contributed by atoms with Crippen LogP contribution in [0.3, 0.4) is 0 Å². The van der Waals surface area contributed by atoms with E-state index in [0.717, 1.165) is 12.1 Å². The Morgan fingerprint density at radius 3 is 2.61 bits per heavy atom. The molecule has 0 bridgehead atoms. The number of benzene rings is 2. The number of amides is 1. The average Bonchev–Trinajstić information content (AvgIpc) is 2.98. The Morgan fingerprint density at radius 2 is 1.85 bits per heavy atom. The van der Waals surface area contributed by atoms with Gasteiger partial charge in [0, 0.05) is 31.9 Å². The molecule has 10 nitrogen and oxygen atoms in total. The highest BCUT2D eigenvalue weighted by Crippen LogP contribution is 2.37. The average molecular weight is 566 g/mol. The van der Waals surface area contributed by atoms with E-state index in [1.807, 2.05) is 4.90 Å². The summed E-state index contributed by atoms with van der Waals surface area (Å²) in [4.78, 5) is 32.1. The number of morpholine rings is 1. The molecule has 1 amide bonds. The zero-order chi connectivity index (χ0) is 29.0. The summed E-state index contributed by atoms with van der Waals surface area (Å²) < 4.78 is 52.0. The van der Waals surface area contributed by atoms with Crippen LogP contribution in [0.2, 0.25) is 0 Å². The summed E-state index contributed by atoms with van der Waals surface area (Å²) in [6.07, 6.45) is -1.66. The van der Waals surface area contributed by atoms with E-state index < -0.39 is 17.6 Å². The van der Waals surface area contributed by atoms with Gasteiger partial charge in [-0.3, -0.25) is 4.79 Å². The van der Waals surface area contributed by atoms with Gasteiger partial charge < -0.3 is 25.0 Å². The van der Waals surface area contributed by atoms with Gasteiger partial charge in [0.05, 0.1) is 35.7 Å². The standard InChI is InChI=1S/C28H26F3N7O3/c1-17-5-6-18(14-23(17)41-26-20(4-3-9-33-26)24-34-16-35-27(32-2)37-24)25(39)36-21-15-19(28(29,30)31)7-8-22(21)38-10-12-40-13-11-38/h3-9,14-16H,10-13H2,1-2H3,(H,36,39)(H,32,34,35,37). The summed E-state index contributed by atoms with van der Waals surface area (Å²) >= 11 is 0. The van der Waals surface area contributed by atoms with Crippen molar-refractivity contribution in [3.63, 3.8) is 0 Å². The third-order valence-electron chi connectivity index (χ3n) is 6.39. The molecule has 5 rings (SSSR count). The van der Waals surface area contributed by atoms with Crippen molar-refractivity contribution in [2.75, 3.05) is 48.9 Å². The van der Waals surface area contributed by atoms with Crippen molar-refractivity contribution in [2.45, 2.75) is 13.1 Å². The first-order valence-electron chi connectivity index (χ1n) is 12.7. The second-order valence-corrected chi connectivity index (χ2v) is 9.10. The van der Waals surface area contributed by atoms with Gasteiger partial charge in [-0.05, 0) is 55.0 Å². The predicted molar refractivity (Wildman–Crippen MR) is 146 cm³/mol. The lowest BCUT2D eigenvalue weighted by molar-refractivity contribution is -0.137. The molecule has 2 aromatic carbocycles. The predicted octanol–water partition coefficient (Wildman–Crippen LogP) is 5.18. The molecular formula is C28H26F3N7O3. The smallest absolute Gasteiger partial charge is 0.416 e. The zero-order valence-electron chi connectivity index (χ0n) is 22.2. The number of hydrogen-bond donors (Lipinski definition) is 2. The summed E-state index contributed by atoms with van der Waals surface area (Å²) in [5, 5.41) is 5.52. The lowest BCUT2D eigenvalue weighted by Gasteiger charge is -2.31. The second kappa shape index (κ2) is 11.8. The van der Waals surface area contributed by atoms with Crippen LogP contribution in [0.5, 0.6) is 11.6 Å². The van der Waals surface area contributed by atoms with E-state index in [9.17, 15) is 18.0 Å². The number of rotatable bonds is 7. The lowest BCUT2D eigenvalue weighted by Crippen LogP contribution is -2.36. The topological polar surface area (TPSA) is 114 Å².